The van der Waals surface area contributed by atoms with Gasteiger partial charge in [-0.25, -0.2) is 0 Å². The molecular formula is C18H26N2O3. The fourth-order valence-electron chi connectivity index (χ4n) is 2.94. The summed E-state index contributed by atoms with van der Waals surface area (Å²) in [5.74, 6) is -0.390. The van der Waals surface area contributed by atoms with E-state index in [-0.39, 0.29) is 35.9 Å². The lowest BCUT2D eigenvalue weighted by Gasteiger charge is -2.51. The van der Waals surface area contributed by atoms with Gasteiger partial charge in [0.1, 0.15) is 0 Å². The van der Waals surface area contributed by atoms with Crippen molar-refractivity contribution in [2.75, 3.05) is 13.2 Å². The molecule has 1 saturated carbocycles. The molecule has 0 spiro atoms. The average Bonchev–Trinajstić information content (AvgIpc) is 2.52. The molecule has 1 aromatic carbocycles. The van der Waals surface area contributed by atoms with Crippen LogP contribution in [0.25, 0.3) is 0 Å². The molecule has 1 aliphatic rings. The van der Waals surface area contributed by atoms with E-state index < -0.39 is 0 Å². The van der Waals surface area contributed by atoms with Crippen LogP contribution in [0.4, 0.5) is 0 Å². The number of hydrogen-bond acceptors (Lipinski definition) is 3. The van der Waals surface area contributed by atoms with Crippen LogP contribution in [-0.2, 0) is 9.53 Å². The highest BCUT2D eigenvalue weighted by Crippen LogP contribution is 2.42. The van der Waals surface area contributed by atoms with E-state index in [2.05, 4.69) is 24.5 Å². The second-order valence-corrected chi connectivity index (χ2v) is 6.62. The Morgan fingerprint density at radius 3 is 2.61 bits per heavy atom. The second-order valence-electron chi connectivity index (χ2n) is 6.62. The van der Waals surface area contributed by atoms with E-state index in [0.29, 0.717) is 12.2 Å². The number of benzene rings is 1. The number of aryl methyl sites for hydroxylation is 1. The van der Waals surface area contributed by atoms with Gasteiger partial charge in [-0.2, -0.15) is 0 Å². The SMILES string of the molecule is CCO[C@H]1C[C@@H](NC(=O)CNC(=O)c2ccccc2C)C1(C)C. The van der Waals surface area contributed by atoms with Gasteiger partial charge in [-0.3, -0.25) is 9.59 Å². The number of carbonyl (C=O) groups is 2. The molecule has 0 aromatic heterocycles. The number of hydrogen-bond donors (Lipinski definition) is 2. The molecule has 0 bridgehead atoms. The molecular weight excluding hydrogens is 292 g/mol. The summed E-state index contributed by atoms with van der Waals surface area (Å²) in [6.07, 6.45) is 0.998. The van der Waals surface area contributed by atoms with E-state index in [1.54, 1.807) is 6.07 Å². The maximum atomic E-state index is 12.1. The summed E-state index contributed by atoms with van der Waals surface area (Å²) in [4.78, 5) is 24.1. The second kappa shape index (κ2) is 7.13. The van der Waals surface area contributed by atoms with E-state index in [9.17, 15) is 9.59 Å². The van der Waals surface area contributed by atoms with Crippen molar-refractivity contribution in [2.24, 2.45) is 5.41 Å². The Balaban J connectivity index is 1.80. The van der Waals surface area contributed by atoms with Gasteiger partial charge < -0.3 is 15.4 Å². The highest BCUT2D eigenvalue weighted by Gasteiger charge is 2.49. The Morgan fingerprint density at radius 1 is 1.30 bits per heavy atom. The summed E-state index contributed by atoms with van der Waals surface area (Å²) < 4.78 is 5.65. The van der Waals surface area contributed by atoms with Gasteiger partial charge in [0.05, 0.1) is 12.6 Å². The molecule has 0 radical (unpaired) electrons. The molecule has 1 fully saturated rings. The highest BCUT2D eigenvalue weighted by atomic mass is 16.5. The lowest BCUT2D eigenvalue weighted by Crippen LogP contribution is -2.62. The third-order valence-corrected chi connectivity index (χ3v) is 4.68. The third-order valence-electron chi connectivity index (χ3n) is 4.68. The van der Waals surface area contributed by atoms with Crippen LogP contribution in [0.15, 0.2) is 24.3 Å². The van der Waals surface area contributed by atoms with Gasteiger partial charge in [-0.05, 0) is 31.9 Å². The zero-order chi connectivity index (χ0) is 17.0. The minimum absolute atomic E-state index is 0.0148. The molecule has 2 atom stereocenters. The number of ether oxygens (including phenoxy) is 1. The van der Waals surface area contributed by atoms with Crippen LogP contribution >= 0.6 is 0 Å². The lowest BCUT2D eigenvalue weighted by atomic mass is 9.64. The predicted octanol–water partition coefficient (Wildman–Crippen LogP) is 2.04. The molecule has 0 aliphatic heterocycles. The molecule has 0 saturated heterocycles. The zero-order valence-electron chi connectivity index (χ0n) is 14.3. The molecule has 5 heteroatoms. The first kappa shape index (κ1) is 17.5. The van der Waals surface area contributed by atoms with E-state index in [1.807, 2.05) is 32.0 Å². The fraction of sp³-hybridized carbons (Fsp3) is 0.556. The molecule has 1 aliphatic carbocycles. The van der Waals surface area contributed by atoms with Crippen LogP contribution < -0.4 is 10.6 Å². The van der Waals surface area contributed by atoms with Gasteiger partial charge in [0.25, 0.3) is 5.91 Å². The standard InChI is InChI=1S/C18H26N2O3/c1-5-23-15-10-14(18(15,3)4)20-16(21)11-19-17(22)13-9-7-6-8-12(13)2/h6-9,14-15H,5,10-11H2,1-4H3,(H,19,22)(H,20,21)/t14-,15+/m1/s1. The topological polar surface area (TPSA) is 67.4 Å². The fourth-order valence-corrected chi connectivity index (χ4v) is 2.94. The number of amides is 2. The van der Waals surface area contributed by atoms with Crippen molar-refractivity contribution in [3.63, 3.8) is 0 Å². The van der Waals surface area contributed by atoms with Crippen LogP contribution in [0.2, 0.25) is 0 Å². The van der Waals surface area contributed by atoms with Gasteiger partial charge in [0.15, 0.2) is 0 Å². The predicted molar refractivity (Wildman–Crippen MR) is 89.3 cm³/mol. The van der Waals surface area contributed by atoms with Crippen molar-refractivity contribution in [1.29, 1.82) is 0 Å². The first-order chi connectivity index (χ1) is 10.9. The van der Waals surface area contributed by atoms with Crippen LogP contribution in [0.3, 0.4) is 0 Å². The first-order valence-corrected chi connectivity index (χ1v) is 8.11. The molecule has 1 aromatic rings. The van der Waals surface area contributed by atoms with Crippen molar-refractivity contribution >= 4 is 11.8 Å². The van der Waals surface area contributed by atoms with E-state index >= 15 is 0 Å². The Bertz CT molecular complexity index is 583. The van der Waals surface area contributed by atoms with Gasteiger partial charge in [-0.15, -0.1) is 0 Å². The number of carbonyl (C=O) groups excluding carboxylic acids is 2. The van der Waals surface area contributed by atoms with E-state index in [0.717, 1.165) is 12.0 Å². The average molecular weight is 318 g/mol. The van der Waals surface area contributed by atoms with E-state index in [1.165, 1.54) is 0 Å². The molecule has 126 valence electrons. The van der Waals surface area contributed by atoms with Crippen molar-refractivity contribution in [3.8, 4) is 0 Å². The van der Waals surface area contributed by atoms with Crippen molar-refractivity contribution in [3.05, 3.63) is 35.4 Å². The summed E-state index contributed by atoms with van der Waals surface area (Å²) in [6.45, 7) is 8.70. The first-order valence-electron chi connectivity index (χ1n) is 8.11. The summed E-state index contributed by atoms with van der Waals surface area (Å²) in [5.41, 5.74) is 1.41. The molecule has 23 heavy (non-hydrogen) atoms. The minimum atomic E-state index is -0.224. The lowest BCUT2D eigenvalue weighted by molar-refractivity contribution is -0.135. The van der Waals surface area contributed by atoms with Crippen LogP contribution in [0, 0.1) is 12.3 Å². The summed E-state index contributed by atoms with van der Waals surface area (Å²) in [5, 5.41) is 5.66. The maximum absolute atomic E-state index is 12.1. The molecule has 2 rings (SSSR count). The minimum Gasteiger partial charge on any atom is -0.378 e. The van der Waals surface area contributed by atoms with Crippen LogP contribution in [0.5, 0.6) is 0 Å². The van der Waals surface area contributed by atoms with Gasteiger partial charge >= 0.3 is 0 Å². The summed E-state index contributed by atoms with van der Waals surface area (Å²) in [6, 6.07) is 7.41. The number of rotatable bonds is 6. The normalized spacial score (nSPS) is 22.1. The Hall–Kier alpha value is -1.88. The van der Waals surface area contributed by atoms with Gasteiger partial charge in [0.2, 0.25) is 5.91 Å². The largest absolute Gasteiger partial charge is 0.378 e. The Morgan fingerprint density at radius 2 is 2.00 bits per heavy atom. The van der Waals surface area contributed by atoms with Crippen molar-refractivity contribution < 1.29 is 14.3 Å². The van der Waals surface area contributed by atoms with Crippen molar-refractivity contribution in [2.45, 2.75) is 46.3 Å². The van der Waals surface area contributed by atoms with Crippen LogP contribution in [-0.4, -0.2) is 37.1 Å². The van der Waals surface area contributed by atoms with Crippen molar-refractivity contribution in [1.82, 2.24) is 10.6 Å². The Labute approximate surface area is 137 Å². The van der Waals surface area contributed by atoms with Gasteiger partial charge in [-0.1, -0.05) is 32.0 Å². The maximum Gasteiger partial charge on any atom is 0.251 e. The Kier molecular flexibility index (Phi) is 5.42. The summed E-state index contributed by atoms with van der Waals surface area (Å²) in [7, 11) is 0. The zero-order valence-corrected chi connectivity index (χ0v) is 14.3. The third kappa shape index (κ3) is 3.91. The summed E-state index contributed by atoms with van der Waals surface area (Å²) >= 11 is 0. The molecule has 0 unspecified atom stereocenters. The van der Waals surface area contributed by atoms with Gasteiger partial charge in [0, 0.05) is 23.6 Å². The molecule has 2 amide bonds. The monoisotopic (exact) mass is 318 g/mol. The smallest absolute Gasteiger partial charge is 0.251 e. The van der Waals surface area contributed by atoms with Crippen LogP contribution in [0.1, 0.15) is 43.1 Å². The quantitative estimate of drug-likeness (QED) is 0.843. The molecule has 0 heterocycles. The highest BCUT2D eigenvalue weighted by molar-refractivity contribution is 5.97. The number of nitrogens with one attached hydrogen (secondary N) is 2. The molecule has 2 N–H and O–H groups in total. The molecule has 5 nitrogen and oxygen atoms in total. The van der Waals surface area contributed by atoms with E-state index in [4.69, 9.17) is 4.74 Å².